The summed E-state index contributed by atoms with van der Waals surface area (Å²) in [5.41, 5.74) is 0. The molecule has 4 heteroatoms. The zero-order valence-electron chi connectivity index (χ0n) is 8.60. The number of hydrogen-bond acceptors (Lipinski definition) is 2. The molecule has 1 aliphatic heterocycles. The Bertz CT molecular complexity index is 166. The van der Waals surface area contributed by atoms with E-state index in [2.05, 4.69) is 6.92 Å². The molecule has 2 unspecified atom stereocenters. The highest BCUT2D eigenvalue weighted by Gasteiger charge is 2.39. The van der Waals surface area contributed by atoms with Crippen molar-refractivity contribution in [2.75, 3.05) is 18.4 Å². The summed E-state index contributed by atoms with van der Waals surface area (Å²) >= 11 is 11.6. The van der Waals surface area contributed by atoms with Crippen molar-refractivity contribution >= 4 is 23.2 Å². The number of rotatable bonds is 6. The maximum absolute atomic E-state index is 5.87. The van der Waals surface area contributed by atoms with Gasteiger partial charge in [0.05, 0.1) is 24.5 Å². The van der Waals surface area contributed by atoms with Crippen molar-refractivity contribution in [3.63, 3.8) is 0 Å². The van der Waals surface area contributed by atoms with Crippen molar-refractivity contribution in [2.24, 2.45) is 0 Å². The molecule has 0 aromatic heterocycles. The van der Waals surface area contributed by atoms with E-state index in [1.165, 1.54) is 12.8 Å². The minimum Gasteiger partial charge on any atom is -0.346 e. The lowest BCUT2D eigenvalue weighted by Crippen LogP contribution is -2.33. The normalized spacial score (nSPS) is 32.4. The minimum atomic E-state index is -0.559. The van der Waals surface area contributed by atoms with Gasteiger partial charge in [-0.2, -0.15) is 0 Å². The van der Waals surface area contributed by atoms with Crippen LogP contribution in [0.15, 0.2) is 0 Å². The molecule has 0 spiro atoms. The van der Waals surface area contributed by atoms with Gasteiger partial charge in [0.15, 0.2) is 5.79 Å². The average molecular weight is 241 g/mol. The van der Waals surface area contributed by atoms with Gasteiger partial charge in [0, 0.05) is 6.42 Å². The first-order valence-corrected chi connectivity index (χ1v) is 6.27. The number of unbranched alkanes of at least 4 members (excludes halogenated alkanes) is 2. The highest BCUT2D eigenvalue weighted by molar-refractivity contribution is 6.18. The van der Waals surface area contributed by atoms with Crippen molar-refractivity contribution in [3.05, 3.63) is 0 Å². The smallest absolute Gasteiger partial charge is 0.182 e. The van der Waals surface area contributed by atoms with Gasteiger partial charge in [-0.05, 0) is 6.42 Å². The van der Waals surface area contributed by atoms with Crippen LogP contribution in [0, 0.1) is 0 Å². The predicted molar refractivity (Wildman–Crippen MR) is 59.1 cm³/mol. The Hall–Kier alpha value is 0.500. The van der Waals surface area contributed by atoms with Crippen LogP contribution in [-0.4, -0.2) is 30.3 Å². The molecule has 0 N–H and O–H groups in total. The molecule has 1 fully saturated rings. The van der Waals surface area contributed by atoms with E-state index in [0.29, 0.717) is 18.4 Å². The summed E-state index contributed by atoms with van der Waals surface area (Å²) in [6.07, 6.45) is 4.36. The largest absolute Gasteiger partial charge is 0.346 e. The first kappa shape index (κ1) is 12.6. The summed E-state index contributed by atoms with van der Waals surface area (Å²) in [6.45, 7) is 2.74. The summed E-state index contributed by atoms with van der Waals surface area (Å²) in [6, 6.07) is 0. The van der Waals surface area contributed by atoms with Crippen LogP contribution in [0.4, 0.5) is 0 Å². The Labute approximate surface area is 95.9 Å². The van der Waals surface area contributed by atoms with E-state index in [0.717, 1.165) is 12.8 Å². The second-order valence-electron chi connectivity index (χ2n) is 3.71. The quantitative estimate of drug-likeness (QED) is 0.525. The van der Waals surface area contributed by atoms with Gasteiger partial charge in [-0.1, -0.05) is 19.8 Å². The number of hydrogen-bond donors (Lipinski definition) is 0. The van der Waals surface area contributed by atoms with E-state index >= 15 is 0 Å². The van der Waals surface area contributed by atoms with Crippen LogP contribution < -0.4 is 0 Å². The first-order valence-electron chi connectivity index (χ1n) is 5.20. The van der Waals surface area contributed by atoms with E-state index in [-0.39, 0.29) is 6.10 Å². The lowest BCUT2D eigenvalue weighted by molar-refractivity contribution is -0.153. The van der Waals surface area contributed by atoms with Gasteiger partial charge >= 0.3 is 0 Å². The molecular formula is C10H18Cl2O2. The van der Waals surface area contributed by atoms with Gasteiger partial charge in [-0.15, -0.1) is 23.2 Å². The van der Waals surface area contributed by atoms with E-state index in [1.807, 2.05) is 0 Å². The summed E-state index contributed by atoms with van der Waals surface area (Å²) in [4.78, 5) is 0. The average Bonchev–Trinajstić information content (AvgIpc) is 2.63. The van der Waals surface area contributed by atoms with Crippen molar-refractivity contribution in [1.82, 2.24) is 0 Å². The van der Waals surface area contributed by atoms with Crippen LogP contribution >= 0.6 is 23.2 Å². The van der Waals surface area contributed by atoms with E-state index < -0.39 is 5.79 Å². The summed E-state index contributed by atoms with van der Waals surface area (Å²) in [7, 11) is 0. The third-order valence-electron chi connectivity index (χ3n) is 2.45. The van der Waals surface area contributed by atoms with Crippen LogP contribution in [0.3, 0.4) is 0 Å². The molecule has 0 saturated carbocycles. The molecule has 0 aliphatic carbocycles. The number of alkyl halides is 2. The molecular weight excluding hydrogens is 223 g/mol. The predicted octanol–water partition coefficient (Wildman–Crippen LogP) is 3.16. The van der Waals surface area contributed by atoms with Gasteiger partial charge in [-0.25, -0.2) is 0 Å². The van der Waals surface area contributed by atoms with E-state index in [1.54, 1.807) is 0 Å². The summed E-state index contributed by atoms with van der Waals surface area (Å²) in [5.74, 6) is 0.312. The number of halogens is 2. The Balaban J connectivity index is 2.35. The van der Waals surface area contributed by atoms with Crippen molar-refractivity contribution in [3.8, 4) is 0 Å². The molecule has 1 heterocycles. The second-order valence-corrected chi connectivity index (χ2v) is 4.28. The third kappa shape index (κ3) is 3.27. The van der Waals surface area contributed by atoms with Crippen LogP contribution in [0.1, 0.15) is 32.6 Å². The Morgan fingerprint density at radius 3 is 2.64 bits per heavy atom. The van der Waals surface area contributed by atoms with Gasteiger partial charge in [0.1, 0.15) is 0 Å². The van der Waals surface area contributed by atoms with Crippen molar-refractivity contribution < 1.29 is 9.47 Å². The molecule has 1 aliphatic rings. The molecule has 0 bridgehead atoms. The van der Waals surface area contributed by atoms with Crippen LogP contribution in [0.5, 0.6) is 0 Å². The van der Waals surface area contributed by atoms with Crippen molar-refractivity contribution in [1.29, 1.82) is 0 Å². The first-order chi connectivity index (χ1) is 6.76. The molecule has 0 aromatic rings. The third-order valence-corrected chi connectivity index (χ3v) is 3.20. The highest BCUT2D eigenvalue weighted by atomic mass is 35.5. The Kier molecular flexibility index (Phi) is 5.53. The SMILES string of the molecule is CCCCCC1(CCl)OCC(CCl)O1. The standard InChI is InChI=1S/C10H18Cl2O2/c1-2-3-4-5-10(8-12)13-7-9(6-11)14-10/h9H,2-8H2,1H3. The Morgan fingerprint density at radius 2 is 2.14 bits per heavy atom. The van der Waals surface area contributed by atoms with Gasteiger partial charge < -0.3 is 9.47 Å². The zero-order valence-corrected chi connectivity index (χ0v) is 10.1. The van der Waals surface area contributed by atoms with Gasteiger partial charge in [-0.3, -0.25) is 0 Å². The maximum Gasteiger partial charge on any atom is 0.182 e. The molecule has 2 nitrogen and oxygen atoms in total. The maximum atomic E-state index is 5.87. The molecule has 1 rings (SSSR count). The molecule has 2 atom stereocenters. The lowest BCUT2D eigenvalue weighted by Gasteiger charge is -2.25. The fraction of sp³-hybridized carbons (Fsp3) is 1.00. The Morgan fingerprint density at radius 1 is 1.36 bits per heavy atom. The van der Waals surface area contributed by atoms with Crippen LogP contribution in [0.25, 0.3) is 0 Å². The second kappa shape index (κ2) is 6.16. The van der Waals surface area contributed by atoms with Crippen LogP contribution in [-0.2, 0) is 9.47 Å². The van der Waals surface area contributed by atoms with E-state index in [4.69, 9.17) is 32.7 Å². The molecule has 84 valence electrons. The monoisotopic (exact) mass is 240 g/mol. The zero-order chi connectivity index (χ0) is 10.4. The fourth-order valence-electron chi connectivity index (χ4n) is 1.60. The summed E-state index contributed by atoms with van der Waals surface area (Å²) in [5, 5.41) is 0. The fourth-order valence-corrected chi connectivity index (χ4v) is 2.03. The van der Waals surface area contributed by atoms with Gasteiger partial charge in [0.25, 0.3) is 0 Å². The topological polar surface area (TPSA) is 18.5 Å². The van der Waals surface area contributed by atoms with Crippen molar-refractivity contribution in [2.45, 2.75) is 44.5 Å². The van der Waals surface area contributed by atoms with Gasteiger partial charge in [0.2, 0.25) is 0 Å². The summed E-state index contributed by atoms with van der Waals surface area (Å²) < 4.78 is 11.3. The van der Waals surface area contributed by atoms with Crippen LogP contribution in [0.2, 0.25) is 0 Å². The molecule has 0 amide bonds. The molecule has 1 saturated heterocycles. The minimum absolute atomic E-state index is 0.0112. The molecule has 0 radical (unpaired) electrons. The molecule has 14 heavy (non-hydrogen) atoms. The highest BCUT2D eigenvalue weighted by Crippen LogP contribution is 2.30. The molecule has 0 aromatic carbocycles. The van der Waals surface area contributed by atoms with E-state index in [9.17, 15) is 0 Å². The lowest BCUT2D eigenvalue weighted by atomic mass is 10.1. The number of ether oxygens (including phenoxy) is 2.